The predicted molar refractivity (Wildman–Crippen MR) is 144 cm³/mol. The maximum Gasteiger partial charge on any atom is 0.229 e. The topological polar surface area (TPSA) is 91.3 Å². The van der Waals surface area contributed by atoms with Gasteiger partial charge in [-0.2, -0.15) is 4.98 Å². The van der Waals surface area contributed by atoms with Gasteiger partial charge in [0, 0.05) is 62.1 Å². The first-order chi connectivity index (χ1) is 17.6. The standard InChI is InChI=1S/C27H30N8O/c1-19-18-30-27(31-20-9-10-23(24(17-20)36-3)35-15-13-34(2)14-16-35)33-26(19)32-22-8-6-12-29-25(22)21-7-4-5-11-28-21/h4-12,17-18H,13-16H2,1-3H3,(H2,30,31,32,33). The van der Waals surface area contributed by atoms with Crippen LogP contribution in [0, 0.1) is 6.92 Å². The van der Waals surface area contributed by atoms with Crippen molar-refractivity contribution in [2.75, 3.05) is 55.9 Å². The van der Waals surface area contributed by atoms with Gasteiger partial charge in [0.2, 0.25) is 5.95 Å². The van der Waals surface area contributed by atoms with Crippen molar-refractivity contribution in [3.05, 3.63) is 72.7 Å². The number of hydrogen-bond donors (Lipinski definition) is 2. The van der Waals surface area contributed by atoms with Crippen molar-refractivity contribution in [3.63, 3.8) is 0 Å². The van der Waals surface area contributed by atoms with Crippen molar-refractivity contribution in [1.82, 2.24) is 24.8 Å². The number of nitrogens with zero attached hydrogens (tertiary/aromatic N) is 6. The number of aryl methyl sites for hydroxylation is 1. The van der Waals surface area contributed by atoms with Crippen LogP contribution in [-0.4, -0.2) is 65.2 Å². The number of anilines is 5. The zero-order valence-corrected chi connectivity index (χ0v) is 20.8. The average molecular weight is 483 g/mol. The number of piperazine rings is 1. The number of hydrogen-bond acceptors (Lipinski definition) is 9. The Morgan fingerprint density at radius 3 is 2.50 bits per heavy atom. The molecule has 3 aromatic heterocycles. The van der Waals surface area contributed by atoms with Crippen LogP contribution in [0.5, 0.6) is 5.75 Å². The van der Waals surface area contributed by atoms with E-state index in [9.17, 15) is 0 Å². The Kier molecular flexibility index (Phi) is 6.90. The lowest BCUT2D eigenvalue weighted by molar-refractivity contribution is 0.311. The lowest BCUT2D eigenvalue weighted by atomic mass is 10.2. The second kappa shape index (κ2) is 10.6. The van der Waals surface area contributed by atoms with Crippen LogP contribution in [0.2, 0.25) is 0 Å². The van der Waals surface area contributed by atoms with Crippen LogP contribution in [0.15, 0.2) is 67.1 Å². The molecule has 36 heavy (non-hydrogen) atoms. The minimum atomic E-state index is 0.487. The van der Waals surface area contributed by atoms with Crippen molar-refractivity contribution in [2.45, 2.75) is 6.92 Å². The third-order valence-electron chi connectivity index (χ3n) is 6.22. The van der Waals surface area contributed by atoms with Crippen LogP contribution in [-0.2, 0) is 0 Å². The highest BCUT2D eigenvalue weighted by molar-refractivity contribution is 5.76. The fourth-order valence-electron chi connectivity index (χ4n) is 4.16. The van der Waals surface area contributed by atoms with Crippen molar-refractivity contribution < 1.29 is 4.74 Å². The van der Waals surface area contributed by atoms with E-state index in [4.69, 9.17) is 9.72 Å². The second-order valence-corrected chi connectivity index (χ2v) is 8.77. The van der Waals surface area contributed by atoms with E-state index < -0.39 is 0 Å². The molecule has 2 N–H and O–H groups in total. The zero-order chi connectivity index (χ0) is 24.9. The second-order valence-electron chi connectivity index (χ2n) is 8.77. The maximum atomic E-state index is 5.72. The zero-order valence-electron chi connectivity index (χ0n) is 20.8. The van der Waals surface area contributed by atoms with E-state index in [1.54, 1.807) is 25.7 Å². The van der Waals surface area contributed by atoms with Crippen LogP contribution < -0.4 is 20.3 Å². The molecule has 0 aliphatic carbocycles. The summed E-state index contributed by atoms with van der Waals surface area (Å²) in [7, 11) is 3.86. The molecule has 1 aliphatic heterocycles. The van der Waals surface area contributed by atoms with E-state index in [0.717, 1.165) is 65.9 Å². The number of nitrogens with one attached hydrogen (secondary N) is 2. The summed E-state index contributed by atoms with van der Waals surface area (Å²) in [5.74, 6) is 2.00. The van der Waals surface area contributed by atoms with Gasteiger partial charge in [-0.25, -0.2) is 4.98 Å². The molecular formula is C27H30N8O. The number of ether oxygens (including phenoxy) is 1. The maximum absolute atomic E-state index is 5.72. The molecule has 1 fully saturated rings. The Labute approximate surface area is 211 Å². The molecule has 1 aromatic carbocycles. The van der Waals surface area contributed by atoms with Gasteiger partial charge in [0.1, 0.15) is 17.3 Å². The lowest BCUT2D eigenvalue weighted by Gasteiger charge is -2.34. The van der Waals surface area contributed by atoms with E-state index in [1.165, 1.54) is 0 Å². The summed E-state index contributed by atoms with van der Waals surface area (Å²) in [6.45, 7) is 6.00. The Bertz CT molecular complexity index is 1320. The molecule has 4 heterocycles. The fraction of sp³-hybridized carbons (Fsp3) is 0.259. The Morgan fingerprint density at radius 1 is 0.889 bits per heavy atom. The summed E-state index contributed by atoms with van der Waals surface area (Å²) in [6.07, 6.45) is 5.31. The first kappa shape index (κ1) is 23.5. The van der Waals surface area contributed by atoms with E-state index >= 15 is 0 Å². The summed E-state index contributed by atoms with van der Waals surface area (Å²) in [5, 5.41) is 6.73. The van der Waals surface area contributed by atoms with Gasteiger partial charge in [0.05, 0.1) is 24.2 Å². The van der Waals surface area contributed by atoms with E-state index in [2.05, 4.69) is 48.5 Å². The van der Waals surface area contributed by atoms with Gasteiger partial charge >= 0.3 is 0 Å². The van der Waals surface area contributed by atoms with Gasteiger partial charge in [-0.3, -0.25) is 9.97 Å². The minimum Gasteiger partial charge on any atom is -0.495 e. The SMILES string of the molecule is COc1cc(Nc2ncc(C)c(Nc3cccnc3-c3ccccn3)n2)ccc1N1CCN(C)CC1. The third-order valence-corrected chi connectivity index (χ3v) is 6.22. The van der Waals surface area contributed by atoms with Crippen molar-refractivity contribution in [2.24, 2.45) is 0 Å². The molecular weight excluding hydrogens is 452 g/mol. The van der Waals surface area contributed by atoms with E-state index in [-0.39, 0.29) is 0 Å². The molecule has 1 aliphatic rings. The average Bonchev–Trinajstić information content (AvgIpc) is 2.92. The first-order valence-electron chi connectivity index (χ1n) is 12.0. The molecule has 184 valence electrons. The summed E-state index contributed by atoms with van der Waals surface area (Å²) < 4.78 is 5.72. The van der Waals surface area contributed by atoms with Crippen LogP contribution >= 0.6 is 0 Å². The first-order valence-corrected chi connectivity index (χ1v) is 12.0. The van der Waals surface area contributed by atoms with Gasteiger partial charge in [0.25, 0.3) is 0 Å². The molecule has 0 saturated carbocycles. The van der Waals surface area contributed by atoms with Crippen molar-refractivity contribution >= 4 is 28.8 Å². The fourth-order valence-corrected chi connectivity index (χ4v) is 4.16. The van der Waals surface area contributed by atoms with Gasteiger partial charge in [-0.05, 0) is 50.4 Å². The summed E-state index contributed by atoms with van der Waals surface area (Å²) in [5.41, 5.74) is 5.24. The molecule has 0 bridgehead atoms. The molecule has 9 heteroatoms. The summed E-state index contributed by atoms with van der Waals surface area (Å²) in [4.78, 5) is 22.9. The highest BCUT2D eigenvalue weighted by Gasteiger charge is 2.18. The Morgan fingerprint density at radius 2 is 1.72 bits per heavy atom. The molecule has 0 radical (unpaired) electrons. The van der Waals surface area contributed by atoms with Crippen molar-refractivity contribution in [3.8, 4) is 17.1 Å². The predicted octanol–water partition coefficient (Wildman–Crippen LogP) is 4.49. The minimum absolute atomic E-state index is 0.487. The van der Waals surface area contributed by atoms with Crippen LogP contribution in [0.3, 0.4) is 0 Å². The molecule has 0 spiro atoms. The highest BCUT2D eigenvalue weighted by Crippen LogP contribution is 2.33. The molecule has 1 saturated heterocycles. The van der Waals surface area contributed by atoms with E-state index in [1.807, 2.05) is 49.4 Å². The third kappa shape index (κ3) is 5.21. The molecule has 0 unspecified atom stereocenters. The van der Waals surface area contributed by atoms with Gasteiger partial charge < -0.3 is 25.2 Å². The van der Waals surface area contributed by atoms with Gasteiger partial charge in [-0.1, -0.05) is 6.07 Å². The van der Waals surface area contributed by atoms with Crippen LogP contribution in [0.1, 0.15) is 5.56 Å². The van der Waals surface area contributed by atoms with E-state index in [0.29, 0.717) is 11.8 Å². The van der Waals surface area contributed by atoms with Gasteiger partial charge in [0.15, 0.2) is 0 Å². The number of benzene rings is 1. The summed E-state index contributed by atoms with van der Waals surface area (Å²) in [6, 6.07) is 15.7. The highest BCUT2D eigenvalue weighted by atomic mass is 16.5. The smallest absolute Gasteiger partial charge is 0.229 e. The molecule has 5 rings (SSSR count). The van der Waals surface area contributed by atoms with Crippen molar-refractivity contribution in [1.29, 1.82) is 0 Å². The molecule has 4 aromatic rings. The monoisotopic (exact) mass is 482 g/mol. The molecule has 9 nitrogen and oxygen atoms in total. The number of pyridine rings is 2. The lowest BCUT2D eigenvalue weighted by Crippen LogP contribution is -2.44. The largest absolute Gasteiger partial charge is 0.495 e. The Hall–Kier alpha value is -4.24. The Balaban J connectivity index is 1.37. The quantitative estimate of drug-likeness (QED) is 0.395. The van der Waals surface area contributed by atoms with Crippen LogP contribution in [0.25, 0.3) is 11.4 Å². The number of aromatic nitrogens is 4. The van der Waals surface area contributed by atoms with Gasteiger partial charge in [-0.15, -0.1) is 0 Å². The number of methoxy groups -OCH3 is 1. The molecule has 0 atom stereocenters. The summed E-state index contributed by atoms with van der Waals surface area (Å²) >= 11 is 0. The molecule has 0 amide bonds. The number of likely N-dealkylation sites (N-methyl/N-ethyl adjacent to an activating group) is 1. The normalized spacial score (nSPS) is 13.9. The number of rotatable bonds is 7. The van der Waals surface area contributed by atoms with Crippen LogP contribution in [0.4, 0.5) is 28.8 Å².